The Hall–Kier alpha value is -3.69. The number of fused-ring (bicyclic) bond motifs is 2. The molecule has 3 heterocycles. The van der Waals surface area contributed by atoms with Crippen LogP contribution in [0.3, 0.4) is 0 Å². The number of ether oxygens (including phenoxy) is 2. The van der Waals surface area contributed by atoms with Crippen LogP contribution >= 0.6 is 0 Å². The number of hydrogen-bond donors (Lipinski definition) is 2. The Morgan fingerprint density at radius 1 is 1.15 bits per heavy atom. The molecule has 7 nitrogen and oxygen atoms in total. The van der Waals surface area contributed by atoms with Crippen LogP contribution in [0.5, 0.6) is 11.5 Å². The number of hydrogen-bond acceptors (Lipinski definition) is 5. The van der Waals surface area contributed by atoms with E-state index in [1.54, 1.807) is 25.1 Å². The Morgan fingerprint density at radius 2 is 1.91 bits per heavy atom. The lowest BCUT2D eigenvalue weighted by Crippen LogP contribution is -2.35. The van der Waals surface area contributed by atoms with Crippen LogP contribution < -0.4 is 20.1 Å². The molecule has 0 saturated carbocycles. The minimum atomic E-state index is -4.54. The number of nitrogens with one attached hydrogen (secondary N) is 2. The lowest BCUT2D eigenvalue weighted by atomic mass is 9.96. The minimum absolute atomic E-state index is 0.0781. The predicted molar refractivity (Wildman–Crippen MR) is 113 cm³/mol. The van der Waals surface area contributed by atoms with E-state index in [0.717, 1.165) is 10.2 Å². The highest BCUT2D eigenvalue weighted by atomic mass is 19.4. The normalized spacial score (nSPS) is 20.0. The van der Waals surface area contributed by atoms with Crippen LogP contribution in [0.4, 0.5) is 19.0 Å². The van der Waals surface area contributed by atoms with Crippen LogP contribution in [0.25, 0.3) is 0 Å². The summed E-state index contributed by atoms with van der Waals surface area (Å²) < 4.78 is 53.3. The highest BCUT2D eigenvalue weighted by Gasteiger charge is 2.47. The van der Waals surface area contributed by atoms with Crippen molar-refractivity contribution in [1.29, 1.82) is 0 Å². The van der Waals surface area contributed by atoms with Gasteiger partial charge in [-0.15, -0.1) is 0 Å². The van der Waals surface area contributed by atoms with Crippen molar-refractivity contribution < 1.29 is 27.4 Å². The molecule has 0 bridgehead atoms. The number of anilines is 1. The number of rotatable bonds is 4. The number of carbonyl (C=O) groups excluding carboxylic acids is 1. The van der Waals surface area contributed by atoms with Crippen molar-refractivity contribution in [2.45, 2.75) is 37.6 Å². The quantitative estimate of drug-likeness (QED) is 0.589. The van der Waals surface area contributed by atoms with E-state index in [9.17, 15) is 18.0 Å². The largest absolute Gasteiger partial charge is 0.454 e. The van der Waals surface area contributed by atoms with E-state index < -0.39 is 24.2 Å². The minimum Gasteiger partial charge on any atom is -0.454 e. The van der Waals surface area contributed by atoms with Crippen molar-refractivity contribution in [2.75, 3.05) is 12.1 Å². The van der Waals surface area contributed by atoms with Crippen LogP contribution in [0.1, 0.15) is 53.1 Å². The molecule has 1 aromatic heterocycles. The van der Waals surface area contributed by atoms with Gasteiger partial charge in [0.05, 0.1) is 12.1 Å². The average molecular weight is 458 g/mol. The number of halogens is 3. The number of nitrogens with zero attached hydrogens (tertiary/aromatic N) is 2. The molecule has 2 aliphatic heterocycles. The van der Waals surface area contributed by atoms with E-state index >= 15 is 0 Å². The predicted octanol–water partition coefficient (Wildman–Crippen LogP) is 4.76. The standard InChI is InChI=1S/C23H21F3N4O3/c1-13(14-5-3-2-4-6-14)27-22(31)17-11-21-28-16(10-20(23(24,25)26)30(21)29-17)15-7-8-18-19(9-15)33-12-32-18/h2-9,11,13,16,20,28H,10,12H2,1H3,(H,27,31)/t13-,16-,20+/m0/s1. The zero-order valence-electron chi connectivity index (χ0n) is 17.6. The maximum atomic E-state index is 13.9. The first-order valence-corrected chi connectivity index (χ1v) is 10.5. The van der Waals surface area contributed by atoms with Crippen LogP contribution in [-0.4, -0.2) is 28.7 Å². The third-order valence-corrected chi connectivity index (χ3v) is 5.87. The second-order valence-electron chi connectivity index (χ2n) is 8.07. The molecule has 33 heavy (non-hydrogen) atoms. The summed E-state index contributed by atoms with van der Waals surface area (Å²) in [6.07, 6.45) is -4.82. The Labute approximate surface area is 187 Å². The van der Waals surface area contributed by atoms with Gasteiger partial charge in [0.1, 0.15) is 5.82 Å². The van der Waals surface area contributed by atoms with Gasteiger partial charge in [0.25, 0.3) is 5.91 Å². The van der Waals surface area contributed by atoms with Crippen molar-refractivity contribution in [1.82, 2.24) is 15.1 Å². The van der Waals surface area contributed by atoms with Gasteiger partial charge < -0.3 is 20.1 Å². The van der Waals surface area contributed by atoms with Crippen molar-refractivity contribution in [3.8, 4) is 11.5 Å². The summed E-state index contributed by atoms with van der Waals surface area (Å²) in [4.78, 5) is 12.8. The van der Waals surface area contributed by atoms with Gasteiger partial charge in [-0.3, -0.25) is 4.79 Å². The number of aromatic nitrogens is 2. The molecule has 1 amide bonds. The van der Waals surface area contributed by atoms with Crippen LogP contribution in [0, 0.1) is 0 Å². The Bertz CT molecular complexity index is 1180. The zero-order chi connectivity index (χ0) is 23.2. The topological polar surface area (TPSA) is 77.4 Å². The molecule has 0 saturated heterocycles. The van der Waals surface area contributed by atoms with Gasteiger partial charge in [-0.2, -0.15) is 18.3 Å². The van der Waals surface area contributed by atoms with Crippen molar-refractivity contribution in [2.24, 2.45) is 0 Å². The van der Waals surface area contributed by atoms with Crippen molar-refractivity contribution >= 4 is 11.7 Å². The van der Waals surface area contributed by atoms with Crippen LogP contribution in [0.15, 0.2) is 54.6 Å². The molecule has 0 spiro atoms. The Morgan fingerprint density at radius 3 is 2.67 bits per heavy atom. The second-order valence-corrected chi connectivity index (χ2v) is 8.07. The summed E-state index contributed by atoms with van der Waals surface area (Å²) in [5.41, 5.74) is 1.43. The summed E-state index contributed by atoms with van der Waals surface area (Å²) >= 11 is 0. The van der Waals surface area contributed by atoms with E-state index in [1.807, 2.05) is 30.3 Å². The van der Waals surface area contributed by atoms with E-state index in [0.29, 0.717) is 17.1 Å². The Balaban J connectivity index is 1.41. The van der Waals surface area contributed by atoms with Gasteiger partial charge in [0.2, 0.25) is 6.79 Å². The smallest absolute Gasteiger partial charge is 0.410 e. The molecule has 3 atom stereocenters. The molecule has 2 aliphatic rings. The molecule has 0 radical (unpaired) electrons. The van der Waals surface area contributed by atoms with Gasteiger partial charge >= 0.3 is 6.18 Å². The van der Waals surface area contributed by atoms with Gasteiger partial charge in [-0.25, -0.2) is 4.68 Å². The summed E-state index contributed by atoms with van der Waals surface area (Å²) in [6, 6.07) is 12.8. The van der Waals surface area contributed by atoms with E-state index in [2.05, 4.69) is 15.7 Å². The molecular weight excluding hydrogens is 437 g/mol. The molecule has 172 valence electrons. The van der Waals surface area contributed by atoms with Gasteiger partial charge in [-0.05, 0) is 30.2 Å². The molecule has 10 heteroatoms. The monoisotopic (exact) mass is 458 g/mol. The number of alkyl halides is 3. The summed E-state index contributed by atoms with van der Waals surface area (Å²) in [5.74, 6) is 0.629. The molecule has 2 aromatic carbocycles. The maximum Gasteiger partial charge on any atom is 0.410 e. The van der Waals surface area contributed by atoms with E-state index in [4.69, 9.17) is 9.47 Å². The lowest BCUT2D eigenvalue weighted by molar-refractivity contribution is -0.173. The second kappa shape index (κ2) is 8.02. The third-order valence-electron chi connectivity index (χ3n) is 5.87. The molecule has 0 unspecified atom stereocenters. The van der Waals surface area contributed by atoms with Gasteiger partial charge in [0.15, 0.2) is 23.2 Å². The zero-order valence-corrected chi connectivity index (χ0v) is 17.6. The Kier molecular flexibility index (Phi) is 5.15. The van der Waals surface area contributed by atoms with Gasteiger partial charge in [0, 0.05) is 12.5 Å². The highest BCUT2D eigenvalue weighted by Crippen LogP contribution is 2.45. The number of carbonyl (C=O) groups is 1. The molecular formula is C23H21F3N4O3. The summed E-state index contributed by atoms with van der Waals surface area (Å²) in [5, 5.41) is 9.89. The summed E-state index contributed by atoms with van der Waals surface area (Å²) in [6.45, 7) is 1.88. The lowest BCUT2D eigenvalue weighted by Gasteiger charge is -2.33. The first-order valence-electron chi connectivity index (χ1n) is 10.5. The SMILES string of the molecule is C[C@H](NC(=O)c1cc2n(n1)[C@@H](C(F)(F)F)C[C@@H](c1ccc3c(c1)OCO3)N2)c1ccccc1. The number of benzene rings is 2. The first kappa shape index (κ1) is 21.2. The fraction of sp³-hybridized carbons (Fsp3) is 0.304. The van der Waals surface area contributed by atoms with Crippen molar-refractivity contribution in [3.63, 3.8) is 0 Å². The third kappa shape index (κ3) is 4.08. The van der Waals surface area contributed by atoms with Crippen molar-refractivity contribution in [3.05, 3.63) is 71.4 Å². The maximum absolute atomic E-state index is 13.9. The van der Waals surface area contributed by atoms with Crippen LogP contribution in [0.2, 0.25) is 0 Å². The molecule has 5 rings (SSSR count). The highest BCUT2D eigenvalue weighted by molar-refractivity contribution is 5.93. The first-order chi connectivity index (χ1) is 15.8. The fourth-order valence-corrected chi connectivity index (χ4v) is 4.13. The molecule has 3 aromatic rings. The fourth-order valence-electron chi connectivity index (χ4n) is 4.13. The average Bonchev–Trinajstić information content (AvgIpc) is 3.44. The van der Waals surface area contributed by atoms with E-state index in [-0.39, 0.29) is 30.8 Å². The number of amides is 1. The molecule has 2 N–H and O–H groups in total. The van der Waals surface area contributed by atoms with Gasteiger partial charge in [-0.1, -0.05) is 36.4 Å². The van der Waals surface area contributed by atoms with E-state index in [1.165, 1.54) is 6.07 Å². The summed E-state index contributed by atoms with van der Waals surface area (Å²) in [7, 11) is 0. The molecule has 0 aliphatic carbocycles. The van der Waals surface area contributed by atoms with Crippen LogP contribution in [-0.2, 0) is 0 Å². The molecule has 0 fully saturated rings.